The fraction of sp³-hybridized carbons (Fsp3) is 0.250. The molecule has 0 fully saturated rings. The molecule has 0 aliphatic carbocycles. The normalized spacial score (nSPS) is 11.3. The SMILES string of the molecule is CNS(=O)(=O)Cc1ccc(CNC(=O)c2ccc(OCc3noc(C)n3)cc2)cc1. The Hall–Kier alpha value is -3.24. The Morgan fingerprint density at radius 1 is 1.07 bits per heavy atom. The van der Waals surface area contributed by atoms with Gasteiger partial charge in [0.2, 0.25) is 21.7 Å². The molecule has 0 saturated carbocycles. The smallest absolute Gasteiger partial charge is 0.251 e. The topological polar surface area (TPSA) is 123 Å². The summed E-state index contributed by atoms with van der Waals surface area (Å²) in [6.07, 6.45) is 0. The largest absolute Gasteiger partial charge is 0.485 e. The molecular weight excluding hydrogens is 408 g/mol. The van der Waals surface area contributed by atoms with Crippen LogP contribution in [-0.2, 0) is 28.9 Å². The van der Waals surface area contributed by atoms with Crippen LogP contribution in [0.15, 0.2) is 53.1 Å². The molecule has 10 heteroatoms. The number of carbonyl (C=O) groups is 1. The Labute approximate surface area is 174 Å². The molecule has 3 rings (SSSR count). The highest BCUT2D eigenvalue weighted by atomic mass is 32.2. The Kier molecular flexibility index (Phi) is 6.80. The lowest BCUT2D eigenvalue weighted by Gasteiger charge is -2.08. The van der Waals surface area contributed by atoms with Crippen LogP contribution in [-0.4, -0.2) is 31.5 Å². The first kappa shape index (κ1) is 21.5. The van der Waals surface area contributed by atoms with E-state index in [4.69, 9.17) is 9.26 Å². The van der Waals surface area contributed by atoms with Crippen LogP contribution in [0.5, 0.6) is 5.75 Å². The molecule has 0 bridgehead atoms. The zero-order valence-corrected chi connectivity index (χ0v) is 17.4. The molecule has 1 heterocycles. The first-order valence-corrected chi connectivity index (χ1v) is 10.8. The third-order valence-electron chi connectivity index (χ3n) is 4.20. The molecule has 9 nitrogen and oxygen atoms in total. The van der Waals surface area contributed by atoms with Crippen LogP contribution in [0.2, 0.25) is 0 Å². The van der Waals surface area contributed by atoms with Gasteiger partial charge >= 0.3 is 0 Å². The fourth-order valence-corrected chi connectivity index (χ4v) is 3.36. The van der Waals surface area contributed by atoms with E-state index in [1.807, 2.05) is 0 Å². The number of sulfonamides is 1. The minimum Gasteiger partial charge on any atom is -0.485 e. The van der Waals surface area contributed by atoms with E-state index in [2.05, 4.69) is 20.2 Å². The van der Waals surface area contributed by atoms with Gasteiger partial charge < -0.3 is 14.6 Å². The van der Waals surface area contributed by atoms with Crippen molar-refractivity contribution in [1.29, 1.82) is 0 Å². The molecule has 0 unspecified atom stereocenters. The van der Waals surface area contributed by atoms with Gasteiger partial charge in [0.05, 0.1) is 5.75 Å². The van der Waals surface area contributed by atoms with Crippen molar-refractivity contribution in [2.24, 2.45) is 0 Å². The summed E-state index contributed by atoms with van der Waals surface area (Å²) in [5, 5.41) is 6.58. The lowest BCUT2D eigenvalue weighted by atomic mass is 10.1. The first-order chi connectivity index (χ1) is 14.3. The van der Waals surface area contributed by atoms with Crippen molar-refractivity contribution in [2.45, 2.75) is 25.8 Å². The van der Waals surface area contributed by atoms with Gasteiger partial charge in [0.15, 0.2) is 6.61 Å². The predicted octanol–water partition coefficient (Wildman–Crippen LogP) is 1.94. The average molecular weight is 430 g/mol. The van der Waals surface area contributed by atoms with Gasteiger partial charge in [-0.3, -0.25) is 4.79 Å². The lowest BCUT2D eigenvalue weighted by Crippen LogP contribution is -2.23. The number of carbonyl (C=O) groups excluding carboxylic acids is 1. The Bertz CT molecular complexity index is 1090. The number of aryl methyl sites for hydroxylation is 1. The maximum atomic E-state index is 12.3. The highest BCUT2D eigenvalue weighted by Crippen LogP contribution is 2.14. The van der Waals surface area contributed by atoms with Gasteiger partial charge in [-0.25, -0.2) is 13.1 Å². The summed E-state index contributed by atoms with van der Waals surface area (Å²) in [5.41, 5.74) is 2.03. The van der Waals surface area contributed by atoms with E-state index in [0.29, 0.717) is 35.1 Å². The zero-order chi connectivity index (χ0) is 21.6. The van der Waals surface area contributed by atoms with Gasteiger partial charge in [-0.15, -0.1) is 0 Å². The molecule has 158 valence electrons. The van der Waals surface area contributed by atoms with Crippen LogP contribution in [0.3, 0.4) is 0 Å². The summed E-state index contributed by atoms with van der Waals surface area (Å²) in [4.78, 5) is 16.4. The molecule has 2 N–H and O–H groups in total. The summed E-state index contributed by atoms with van der Waals surface area (Å²) in [7, 11) is -1.93. The Balaban J connectivity index is 1.49. The summed E-state index contributed by atoms with van der Waals surface area (Å²) in [6.45, 7) is 2.20. The van der Waals surface area contributed by atoms with Gasteiger partial charge in [0.1, 0.15) is 5.75 Å². The monoisotopic (exact) mass is 430 g/mol. The maximum Gasteiger partial charge on any atom is 0.251 e. The minimum atomic E-state index is -3.31. The van der Waals surface area contributed by atoms with Crippen molar-refractivity contribution in [1.82, 2.24) is 20.2 Å². The van der Waals surface area contributed by atoms with E-state index in [0.717, 1.165) is 5.56 Å². The van der Waals surface area contributed by atoms with Gasteiger partial charge in [0.25, 0.3) is 5.91 Å². The van der Waals surface area contributed by atoms with Crippen molar-refractivity contribution in [3.8, 4) is 5.75 Å². The molecular formula is C20H22N4O5S. The van der Waals surface area contributed by atoms with Crippen molar-refractivity contribution in [3.05, 3.63) is 76.9 Å². The lowest BCUT2D eigenvalue weighted by molar-refractivity contribution is 0.0951. The van der Waals surface area contributed by atoms with Crippen LogP contribution >= 0.6 is 0 Å². The maximum absolute atomic E-state index is 12.3. The van der Waals surface area contributed by atoms with Crippen molar-refractivity contribution < 1.29 is 22.5 Å². The standard InChI is InChI=1S/C20H22N4O5S/c1-14-23-19(24-29-14)12-28-18-9-7-17(8-10-18)20(25)22-11-15-3-5-16(6-4-15)13-30(26,27)21-2/h3-10,21H,11-13H2,1-2H3,(H,22,25). The predicted molar refractivity (Wildman–Crippen MR) is 109 cm³/mol. The average Bonchev–Trinajstić information content (AvgIpc) is 3.17. The van der Waals surface area contributed by atoms with E-state index >= 15 is 0 Å². The van der Waals surface area contributed by atoms with Crippen LogP contribution in [0.4, 0.5) is 0 Å². The summed E-state index contributed by atoms with van der Waals surface area (Å²) >= 11 is 0. The van der Waals surface area contributed by atoms with Crippen LogP contribution in [0.25, 0.3) is 0 Å². The molecule has 3 aromatic rings. The van der Waals surface area contributed by atoms with Crippen LogP contribution in [0, 0.1) is 6.92 Å². The van der Waals surface area contributed by atoms with Gasteiger partial charge in [-0.2, -0.15) is 4.98 Å². The Morgan fingerprint density at radius 2 is 1.73 bits per heavy atom. The number of hydrogen-bond donors (Lipinski definition) is 2. The molecule has 2 aromatic carbocycles. The highest BCUT2D eigenvalue weighted by Gasteiger charge is 2.09. The van der Waals surface area contributed by atoms with E-state index in [9.17, 15) is 13.2 Å². The minimum absolute atomic E-state index is 0.0864. The zero-order valence-electron chi connectivity index (χ0n) is 16.6. The fourth-order valence-electron chi connectivity index (χ4n) is 2.58. The number of nitrogens with zero attached hydrogens (tertiary/aromatic N) is 2. The van der Waals surface area contributed by atoms with Crippen molar-refractivity contribution >= 4 is 15.9 Å². The molecule has 0 aliphatic rings. The molecule has 1 amide bonds. The number of hydrogen-bond acceptors (Lipinski definition) is 7. The van der Waals surface area contributed by atoms with Crippen LogP contribution in [0.1, 0.15) is 33.2 Å². The number of aromatic nitrogens is 2. The quantitative estimate of drug-likeness (QED) is 0.532. The molecule has 0 aliphatic heterocycles. The number of rotatable bonds is 9. The van der Waals surface area contributed by atoms with Crippen molar-refractivity contribution in [3.63, 3.8) is 0 Å². The molecule has 0 radical (unpaired) electrons. The van der Waals surface area contributed by atoms with Gasteiger partial charge in [-0.05, 0) is 42.4 Å². The second kappa shape index (κ2) is 9.51. The summed E-state index contributed by atoms with van der Waals surface area (Å²) in [5.74, 6) is 1.19. The molecule has 0 saturated heterocycles. The molecule has 0 spiro atoms. The van der Waals surface area contributed by atoms with Crippen LogP contribution < -0.4 is 14.8 Å². The van der Waals surface area contributed by atoms with Gasteiger partial charge in [0, 0.05) is 19.0 Å². The summed E-state index contributed by atoms with van der Waals surface area (Å²) < 4.78 is 35.9. The van der Waals surface area contributed by atoms with E-state index in [1.165, 1.54) is 7.05 Å². The third-order valence-corrected chi connectivity index (χ3v) is 5.53. The van der Waals surface area contributed by atoms with Crippen molar-refractivity contribution in [2.75, 3.05) is 7.05 Å². The number of benzene rings is 2. The van der Waals surface area contributed by atoms with Gasteiger partial charge in [-0.1, -0.05) is 29.4 Å². The number of amides is 1. The third kappa shape index (κ3) is 6.13. The number of nitrogens with one attached hydrogen (secondary N) is 2. The molecule has 30 heavy (non-hydrogen) atoms. The Morgan fingerprint density at radius 3 is 2.33 bits per heavy atom. The number of ether oxygens (including phenoxy) is 1. The second-order valence-electron chi connectivity index (χ2n) is 6.51. The molecule has 1 aromatic heterocycles. The first-order valence-electron chi connectivity index (χ1n) is 9.14. The van der Waals surface area contributed by atoms with E-state index in [-0.39, 0.29) is 18.3 Å². The summed E-state index contributed by atoms with van der Waals surface area (Å²) in [6, 6.07) is 13.8. The second-order valence-corrected chi connectivity index (χ2v) is 8.43. The molecule has 0 atom stereocenters. The van der Waals surface area contributed by atoms with E-state index in [1.54, 1.807) is 55.5 Å². The highest BCUT2D eigenvalue weighted by molar-refractivity contribution is 7.88. The van der Waals surface area contributed by atoms with E-state index < -0.39 is 10.0 Å².